The first-order valence-corrected chi connectivity index (χ1v) is 4.28. The van der Waals surface area contributed by atoms with Gasteiger partial charge in [-0.2, -0.15) is 0 Å². The summed E-state index contributed by atoms with van der Waals surface area (Å²) in [7, 11) is 0. The predicted octanol–water partition coefficient (Wildman–Crippen LogP) is -0.543. The van der Waals surface area contributed by atoms with Crippen molar-refractivity contribution in [3.63, 3.8) is 0 Å². The quantitative estimate of drug-likeness (QED) is 0.559. The maximum absolute atomic E-state index is 13.2. The highest BCUT2D eigenvalue weighted by atomic mass is 19.1. The van der Waals surface area contributed by atoms with E-state index in [1.165, 1.54) is 0 Å². The zero-order valence-corrected chi connectivity index (χ0v) is 7.18. The Hall–Kier alpha value is -1.17. The summed E-state index contributed by atoms with van der Waals surface area (Å²) in [6, 6.07) is 0. The van der Waals surface area contributed by atoms with E-state index >= 15 is 0 Å². The van der Waals surface area contributed by atoms with Gasteiger partial charge in [-0.25, -0.2) is 4.39 Å². The fraction of sp³-hybridized carbons (Fsp3) is 0.750. The summed E-state index contributed by atoms with van der Waals surface area (Å²) >= 11 is 0. The van der Waals surface area contributed by atoms with E-state index < -0.39 is 41.4 Å². The molecule has 4 N–H and O–H groups in total. The molecule has 5 nitrogen and oxygen atoms in total. The van der Waals surface area contributed by atoms with Crippen molar-refractivity contribution in [3.8, 4) is 0 Å². The molecule has 2 aliphatic carbocycles. The molecule has 14 heavy (non-hydrogen) atoms. The van der Waals surface area contributed by atoms with E-state index in [1.54, 1.807) is 0 Å². The van der Waals surface area contributed by atoms with E-state index in [0.29, 0.717) is 0 Å². The second-order valence-electron chi connectivity index (χ2n) is 4.03. The standard InChI is InChI=1S/C8H10FNO4/c9-2-1-8(10,7(13)14)5-3(2)4(5)6(11)12/h2-5H,1,10H2,(H,11,12)(H,13,14)/t2-,3-,4-,5-,8-/m0/s1. The van der Waals surface area contributed by atoms with Crippen LogP contribution in [-0.2, 0) is 9.59 Å². The molecule has 5 atom stereocenters. The molecule has 0 radical (unpaired) electrons. The number of nitrogens with two attached hydrogens (primary N) is 1. The average molecular weight is 203 g/mol. The second-order valence-corrected chi connectivity index (χ2v) is 4.03. The van der Waals surface area contributed by atoms with Crippen LogP contribution in [0.4, 0.5) is 4.39 Å². The third-order valence-corrected chi connectivity index (χ3v) is 3.30. The molecule has 2 aliphatic rings. The minimum atomic E-state index is -1.69. The summed E-state index contributed by atoms with van der Waals surface area (Å²) in [6.45, 7) is 0. The van der Waals surface area contributed by atoms with Crippen molar-refractivity contribution < 1.29 is 24.2 Å². The zero-order chi connectivity index (χ0) is 10.7. The highest BCUT2D eigenvalue weighted by Gasteiger charge is 2.74. The molecular weight excluding hydrogens is 193 g/mol. The van der Waals surface area contributed by atoms with Gasteiger partial charge in [0, 0.05) is 18.3 Å². The molecule has 0 aromatic carbocycles. The van der Waals surface area contributed by atoms with Crippen LogP contribution in [-0.4, -0.2) is 33.9 Å². The van der Waals surface area contributed by atoms with Crippen LogP contribution in [0.25, 0.3) is 0 Å². The molecule has 0 aromatic rings. The molecule has 2 rings (SSSR count). The van der Waals surface area contributed by atoms with Gasteiger partial charge in [-0.15, -0.1) is 0 Å². The highest BCUT2D eigenvalue weighted by Crippen LogP contribution is 2.62. The topological polar surface area (TPSA) is 101 Å². The number of carboxylic acids is 2. The van der Waals surface area contributed by atoms with Crippen LogP contribution in [0.15, 0.2) is 0 Å². The van der Waals surface area contributed by atoms with E-state index in [4.69, 9.17) is 15.9 Å². The van der Waals surface area contributed by atoms with E-state index in [2.05, 4.69) is 0 Å². The first-order chi connectivity index (χ1) is 6.39. The Bertz CT molecular complexity index is 320. The molecule has 78 valence electrons. The second kappa shape index (κ2) is 2.44. The Morgan fingerprint density at radius 3 is 2.36 bits per heavy atom. The zero-order valence-electron chi connectivity index (χ0n) is 7.18. The van der Waals surface area contributed by atoms with Crippen molar-refractivity contribution >= 4 is 11.9 Å². The molecule has 0 heterocycles. The van der Waals surface area contributed by atoms with Crippen molar-refractivity contribution in [3.05, 3.63) is 0 Å². The summed E-state index contributed by atoms with van der Waals surface area (Å²) < 4.78 is 13.2. The number of carboxylic acid groups (broad SMARTS) is 2. The van der Waals surface area contributed by atoms with E-state index in [0.717, 1.165) is 0 Å². The number of hydrogen-bond donors (Lipinski definition) is 3. The molecule has 0 aromatic heterocycles. The molecule has 0 aliphatic heterocycles. The third kappa shape index (κ3) is 0.914. The van der Waals surface area contributed by atoms with E-state index in [9.17, 15) is 14.0 Å². The van der Waals surface area contributed by atoms with Gasteiger partial charge in [-0.05, 0) is 0 Å². The largest absolute Gasteiger partial charge is 0.481 e. The maximum atomic E-state index is 13.2. The molecule has 0 amide bonds. The van der Waals surface area contributed by atoms with Crippen LogP contribution in [0, 0.1) is 17.8 Å². The minimum absolute atomic E-state index is 0.276. The van der Waals surface area contributed by atoms with Crippen LogP contribution < -0.4 is 5.73 Å². The van der Waals surface area contributed by atoms with Gasteiger partial charge in [0.1, 0.15) is 11.7 Å². The number of fused-ring (bicyclic) bond motifs is 1. The summed E-state index contributed by atoms with van der Waals surface area (Å²) in [6.07, 6.45) is -1.68. The Labute approximate surface area is 78.7 Å². The van der Waals surface area contributed by atoms with Crippen molar-refractivity contribution in [1.29, 1.82) is 0 Å². The first-order valence-electron chi connectivity index (χ1n) is 4.28. The minimum Gasteiger partial charge on any atom is -0.481 e. The maximum Gasteiger partial charge on any atom is 0.324 e. The Balaban J connectivity index is 2.26. The number of hydrogen-bond acceptors (Lipinski definition) is 3. The lowest BCUT2D eigenvalue weighted by molar-refractivity contribution is -0.145. The lowest BCUT2D eigenvalue weighted by atomic mass is 9.91. The van der Waals surface area contributed by atoms with Gasteiger partial charge in [0.05, 0.1) is 5.92 Å². The van der Waals surface area contributed by atoms with Crippen LogP contribution in [0.1, 0.15) is 6.42 Å². The molecular formula is C8H10FNO4. The Morgan fingerprint density at radius 1 is 1.43 bits per heavy atom. The van der Waals surface area contributed by atoms with E-state index in [1.807, 2.05) is 0 Å². The van der Waals surface area contributed by atoms with E-state index in [-0.39, 0.29) is 6.42 Å². The van der Waals surface area contributed by atoms with Gasteiger partial charge in [-0.3, -0.25) is 9.59 Å². The molecule has 0 unspecified atom stereocenters. The van der Waals surface area contributed by atoms with Gasteiger partial charge < -0.3 is 15.9 Å². The monoisotopic (exact) mass is 203 g/mol. The smallest absolute Gasteiger partial charge is 0.324 e. The number of halogens is 1. The molecule has 6 heteroatoms. The first kappa shape index (κ1) is 9.39. The van der Waals surface area contributed by atoms with Crippen molar-refractivity contribution in [1.82, 2.24) is 0 Å². The normalized spacial score (nSPS) is 49.9. The molecule has 0 spiro atoms. The lowest BCUT2D eigenvalue weighted by Crippen LogP contribution is -2.50. The van der Waals surface area contributed by atoms with Crippen LogP contribution >= 0.6 is 0 Å². The number of rotatable bonds is 2. The van der Waals surface area contributed by atoms with Crippen LogP contribution in [0.5, 0.6) is 0 Å². The van der Waals surface area contributed by atoms with Gasteiger partial charge in [0.25, 0.3) is 0 Å². The Morgan fingerprint density at radius 2 is 2.00 bits per heavy atom. The highest BCUT2D eigenvalue weighted by molar-refractivity contribution is 5.85. The fourth-order valence-electron chi connectivity index (χ4n) is 2.59. The van der Waals surface area contributed by atoms with Crippen LogP contribution in [0.2, 0.25) is 0 Å². The fourth-order valence-corrected chi connectivity index (χ4v) is 2.59. The summed E-state index contributed by atoms with van der Waals surface area (Å²) in [4.78, 5) is 21.4. The lowest BCUT2D eigenvalue weighted by Gasteiger charge is -2.21. The third-order valence-electron chi connectivity index (χ3n) is 3.30. The summed E-state index contributed by atoms with van der Waals surface area (Å²) in [5.41, 5.74) is 3.82. The van der Waals surface area contributed by atoms with Gasteiger partial charge >= 0.3 is 11.9 Å². The molecule has 2 fully saturated rings. The molecule has 2 saturated carbocycles. The number of carbonyl (C=O) groups is 2. The average Bonchev–Trinajstić information content (AvgIpc) is 2.72. The van der Waals surface area contributed by atoms with Crippen LogP contribution in [0.3, 0.4) is 0 Å². The van der Waals surface area contributed by atoms with Crippen molar-refractivity contribution in [2.45, 2.75) is 18.1 Å². The molecule has 0 bridgehead atoms. The predicted molar refractivity (Wildman–Crippen MR) is 42.2 cm³/mol. The number of alkyl halides is 1. The van der Waals surface area contributed by atoms with Crippen molar-refractivity contribution in [2.24, 2.45) is 23.5 Å². The number of aliphatic carboxylic acids is 2. The SMILES string of the molecule is N[C@@]1(C(=O)O)C[C@H](F)[C@H]2[C@H](C(=O)O)[C@H]21. The van der Waals surface area contributed by atoms with Gasteiger partial charge in [0.15, 0.2) is 0 Å². The van der Waals surface area contributed by atoms with Gasteiger partial charge in [0.2, 0.25) is 0 Å². The Kier molecular flexibility index (Phi) is 1.64. The molecule has 0 saturated heterocycles. The summed E-state index contributed by atoms with van der Waals surface area (Å²) in [5, 5.41) is 17.5. The summed E-state index contributed by atoms with van der Waals surface area (Å²) in [5.74, 6) is -4.82. The van der Waals surface area contributed by atoms with Gasteiger partial charge in [-0.1, -0.05) is 0 Å². The van der Waals surface area contributed by atoms with Crippen molar-refractivity contribution in [2.75, 3.05) is 0 Å².